The van der Waals surface area contributed by atoms with Crippen LogP contribution in [-0.4, -0.2) is 44.1 Å². The van der Waals surface area contributed by atoms with Crippen molar-refractivity contribution in [3.8, 4) is 5.75 Å². The van der Waals surface area contributed by atoms with Gasteiger partial charge in [-0.3, -0.25) is 4.99 Å². The number of methoxy groups -OCH3 is 1. The Bertz CT molecular complexity index is 586. The zero-order valence-electron chi connectivity index (χ0n) is 15.8. The van der Waals surface area contributed by atoms with Crippen LogP contribution in [0.3, 0.4) is 0 Å². The highest BCUT2D eigenvalue weighted by molar-refractivity contribution is 14.0. The van der Waals surface area contributed by atoms with Crippen molar-refractivity contribution in [1.29, 1.82) is 0 Å². The van der Waals surface area contributed by atoms with Crippen LogP contribution in [0, 0.1) is 5.41 Å². The number of hydrogen-bond acceptors (Lipinski definition) is 2. The molecule has 1 aromatic carbocycles. The summed E-state index contributed by atoms with van der Waals surface area (Å²) < 4.78 is 5.50. The number of hydrogen-bond donors (Lipinski definition) is 1. The van der Waals surface area contributed by atoms with Crippen LogP contribution in [0.4, 0.5) is 0 Å². The zero-order valence-corrected chi connectivity index (χ0v) is 18.1. The van der Waals surface area contributed by atoms with Crippen molar-refractivity contribution >= 4 is 29.9 Å². The first-order chi connectivity index (χ1) is 11.7. The van der Waals surface area contributed by atoms with Gasteiger partial charge < -0.3 is 15.0 Å². The summed E-state index contributed by atoms with van der Waals surface area (Å²) >= 11 is 0. The fraction of sp³-hybridized carbons (Fsp3) is 0.650. The van der Waals surface area contributed by atoms with Gasteiger partial charge in [0.05, 0.1) is 7.11 Å². The minimum Gasteiger partial charge on any atom is -0.496 e. The number of nitrogens with zero attached hydrogens (tertiary/aromatic N) is 2. The number of aliphatic imine (C=N–C) groups is 1. The molecule has 2 aliphatic rings. The van der Waals surface area contributed by atoms with E-state index >= 15 is 0 Å². The van der Waals surface area contributed by atoms with E-state index in [0.717, 1.165) is 31.3 Å². The highest BCUT2D eigenvalue weighted by Gasteiger charge is 2.43. The van der Waals surface area contributed by atoms with Crippen molar-refractivity contribution < 1.29 is 4.74 Å². The molecule has 1 unspecified atom stereocenters. The molecule has 140 valence electrons. The predicted octanol–water partition coefficient (Wildman–Crippen LogP) is 4.26. The lowest BCUT2D eigenvalue weighted by molar-refractivity contribution is 0.151. The summed E-state index contributed by atoms with van der Waals surface area (Å²) in [5.41, 5.74) is 1.83. The maximum Gasteiger partial charge on any atom is 0.193 e. The third-order valence-corrected chi connectivity index (χ3v) is 5.67. The average molecular weight is 457 g/mol. The lowest BCUT2D eigenvalue weighted by Gasteiger charge is -2.38. The fourth-order valence-corrected chi connectivity index (χ4v) is 4.02. The molecule has 1 N–H and O–H groups in total. The van der Waals surface area contributed by atoms with Crippen LogP contribution in [0.2, 0.25) is 0 Å². The molecule has 1 aromatic rings. The van der Waals surface area contributed by atoms with Crippen molar-refractivity contribution in [2.45, 2.75) is 45.4 Å². The molecule has 1 saturated carbocycles. The Kier molecular flexibility index (Phi) is 7.40. The molecule has 1 aliphatic carbocycles. The van der Waals surface area contributed by atoms with Gasteiger partial charge in [0.1, 0.15) is 5.75 Å². The number of rotatable bonds is 5. The number of ether oxygens (including phenoxy) is 1. The summed E-state index contributed by atoms with van der Waals surface area (Å²) in [6.07, 6.45) is 5.55. The summed E-state index contributed by atoms with van der Waals surface area (Å²) in [5.74, 6) is 2.39. The molecule has 1 saturated heterocycles. The van der Waals surface area contributed by atoms with Gasteiger partial charge in [-0.05, 0) is 43.2 Å². The molecule has 1 atom stereocenters. The lowest BCUT2D eigenvalue weighted by Crippen LogP contribution is -2.42. The Hall–Kier alpha value is -0.980. The summed E-state index contributed by atoms with van der Waals surface area (Å²) in [6, 6.07) is 8.27. The molecule has 0 radical (unpaired) electrons. The first-order valence-corrected chi connectivity index (χ1v) is 9.33. The third kappa shape index (κ3) is 4.60. The molecule has 1 aliphatic heterocycles. The summed E-state index contributed by atoms with van der Waals surface area (Å²) in [7, 11) is 1.74. The fourth-order valence-electron chi connectivity index (χ4n) is 4.02. The Morgan fingerprint density at radius 1 is 1.32 bits per heavy atom. The minimum absolute atomic E-state index is 0. The van der Waals surface area contributed by atoms with Gasteiger partial charge in [-0.15, -0.1) is 24.0 Å². The van der Waals surface area contributed by atoms with E-state index in [1.165, 1.54) is 37.8 Å². The Labute approximate surface area is 169 Å². The van der Waals surface area contributed by atoms with E-state index in [0.29, 0.717) is 11.3 Å². The molecule has 0 bridgehead atoms. The van der Waals surface area contributed by atoms with Crippen LogP contribution in [0.15, 0.2) is 29.3 Å². The van der Waals surface area contributed by atoms with Crippen LogP contribution in [0.25, 0.3) is 0 Å². The van der Waals surface area contributed by atoms with Crippen LogP contribution in [0.5, 0.6) is 5.75 Å². The van der Waals surface area contributed by atoms with E-state index in [1.54, 1.807) is 7.11 Å². The van der Waals surface area contributed by atoms with Crippen molar-refractivity contribution in [2.75, 3.05) is 33.3 Å². The standard InChI is InChI=1S/C20H31N3O.HI/c1-4-21-19(23-13-12-20(15-23)10-7-11-20)22-14-16(2)17-8-5-6-9-18(17)24-3;/h5-6,8-9,16H,4,7,10-15H2,1-3H3,(H,21,22);1H. The van der Waals surface area contributed by atoms with Gasteiger partial charge in [0.25, 0.3) is 0 Å². The van der Waals surface area contributed by atoms with Gasteiger partial charge in [0.2, 0.25) is 0 Å². The maximum absolute atomic E-state index is 5.50. The third-order valence-electron chi connectivity index (χ3n) is 5.67. The van der Waals surface area contributed by atoms with E-state index in [9.17, 15) is 0 Å². The van der Waals surface area contributed by atoms with E-state index in [1.807, 2.05) is 12.1 Å². The van der Waals surface area contributed by atoms with Gasteiger partial charge in [-0.25, -0.2) is 0 Å². The first kappa shape index (κ1) is 20.3. The van der Waals surface area contributed by atoms with Gasteiger partial charge in [0, 0.05) is 32.1 Å². The molecular formula is C20H32IN3O. The normalized spacial score (nSPS) is 20.0. The van der Waals surface area contributed by atoms with Crippen LogP contribution < -0.4 is 10.1 Å². The average Bonchev–Trinajstić information content (AvgIpc) is 3.04. The predicted molar refractivity (Wildman–Crippen MR) is 115 cm³/mol. The molecule has 2 fully saturated rings. The van der Waals surface area contributed by atoms with Gasteiger partial charge in [0.15, 0.2) is 5.96 Å². The summed E-state index contributed by atoms with van der Waals surface area (Å²) in [6.45, 7) is 8.41. The van der Waals surface area contributed by atoms with E-state index in [4.69, 9.17) is 9.73 Å². The van der Waals surface area contributed by atoms with Crippen LogP contribution in [0.1, 0.15) is 51.0 Å². The molecule has 1 spiro atoms. The smallest absolute Gasteiger partial charge is 0.193 e. The first-order valence-electron chi connectivity index (χ1n) is 9.33. The zero-order chi connectivity index (χ0) is 17.0. The van der Waals surface area contributed by atoms with Crippen molar-refractivity contribution in [1.82, 2.24) is 10.2 Å². The van der Waals surface area contributed by atoms with Crippen LogP contribution >= 0.6 is 24.0 Å². The summed E-state index contributed by atoms with van der Waals surface area (Å²) in [4.78, 5) is 7.42. The number of halogens is 1. The molecule has 5 heteroatoms. The second-order valence-corrected chi connectivity index (χ2v) is 7.36. The van der Waals surface area contributed by atoms with Crippen molar-refractivity contribution in [2.24, 2.45) is 10.4 Å². The molecular weight excluding hydrogens is 425 g/mol. The Morgan fingerprint density at radius 3 is 2.68 bits per heavy atom. The van der Waals surface area contributed by atoms with Crippen LogP contribution in [-0.2, 0) is 0 Å². The molecule has 3 rings (SSSR count). The lowest BCUT2D eigenvalue weighted by atomic mass is 9.68. The number of likely N-dealkylation sites (tertiary alicyclic amines) is 1. The minimum atomic E-state index is 0. The van der Waals surface area contributed by atoms with E-state index < -0.39 is 0 Å². The SMILES string of the molecule is CCNC(=NCC(C)c1ccccc1OC)N1CCC2(CCC2)C1.I. The second-order valence-electron chi connectivity index (χ2n) is 7.36. The topological polar surface area (TPSA) is 36.9 Å². The second kappa shape index (κ2) is 9.10. The van der Waals surface area contributed by atoms with E-state index in [-0.39, 0.29) is 24.0 Å². The number of benzene rings is 1. The molecule has 25 heavy (non-hydrogen) atoms. The Morgan fingerprint density at radius 2 is 2.08 bits per heavy atom. The highest BCUT2D eigenvalue weighted by Crippen LogP contribution is 2.47. The van der Waals surface area contributed by atoms with Gasteiger partial charge >= 0.3 is 0 Å². The molecule has 0 aromatic heterocycles. The highest BCUT2D eigenvalue weighted by atomic mass is 127. The van der Waals surface area contributed by atoms with E-state index in [2.05, 4.69) is 36.2 Å². The number of para-hydroxylation sites is 1. The number of nitrogens with one attached hydrogen (secondary N) is 1. The maximum atomic E-state index is 5.50. The monoisotopic (exact) mass is 457 g/mol. The Balaban J connectivity index is 0.00000225. The summed E-state index contributed by atoms with van der Waals surface area (Å²) in [5, 5.41) is 3.49. The quantitative estimate of drug-likeness (QED) is 0.408. The largest absolute Gasteiger partial charge is 0.496 e. The molecule has 1 heterocycles. The van der Waals surface area contributed by atoms with Gasteiger partial charge in [-0.1, -0.05) is 31.5 Å². The molecule has 0 amide bonds. The van der Waals surface area contributed by atoms with Crippen molar-refractivity contribution in [3.05, 3.63) is 29.8 Å². The van der Waals surface area contributed by atoms with Crippen molar-refractivity contribution in [3.63, 3.8) is 0 Å². The molecule has 4 nitrogen and oxygen atoms in total. The van der Waals surface area contributed by atoms with Gasteiger partial charge in [-0.2, -0.15) is 0 Å². The number of guanidine groups is 1.